The lowest BCUT2D eigenvalue weighted by Gasteiger charge is -2.19. The topological polar surface area (TPSA) is 41.9 Å². The number of hydrogen-bond donors (Lipinski definition) is 0. The summed E-state index contributed by atoms with van der Waals surface area (Å²) < 4.78 is 5.01. The van der Waals surface area contributed by atoms with Gasteiger partial charge in [0.2, 0.25) is 5.76 Å². The summed E-state index contributed by atoms with van der Waals surface area (Å²) in [6, 6.07) is 7.58. The van der Waals surface area contributed by atoms with E-state index in [0.29, 0.717) is 11.6 Å². The van der Waals surface area contributed by atoms with E-state index >= 15 is 0 Å². The number of carbonyl (C=O) groups is 1. The second kappa shape index (κ2) is 7.59. The Balaban J connectivity index is 2.86. The Morgan fingerprint density at radius 3 is 2.84 bits per heavy atom. The molecule has 0 aliphatic rings. The first-order chi connectivity index (χ1) is 9.10. The minimum absolute atomic E-state index is 0.166. The molecule has 1 rings (SSSR count). The largest absolute Gasteiger partial charge is 0.490 e. The second-order valence-electron chi connectivity index (χ2n) is 3.85. The van der Waals surface area contributed by atoms with Gasteiger partial charge in [-0.05, 0) is 31.3 Å². The van der Waals surface area contributed by atoms with E-state index in [2.05, 4.69) is 11.7 Å². The maximum absolute atomic E-state index is 11.4. The number of nitrogens with zero attached hydrogens (tertiary/aromatic N) is 2. The molecule has 1 aromatic carbocycles. The number of hydrogen-bond acceptors (Lipinski definition) is 3. The van der Waals surface area contributed by atoms with Crippen LogP contribution in [0.2, 0.25) is 5.02 Å². The highest BCUT2D eigenvalue weighted by molar-refractivity contribution is 6.30. The average Bonchev–Trinajstić information content (AvgIpc) is 2.42. The van der Waals surface area contributed by atoms with Crippen molar-refractivity contribution in [1.29, 1.82) is 0 Å². The third kappa shape index (κ3) is 4.75. The van der Waals surface area contributed by atoms with Crippen molar-refractivity contribution in [3.8, 4) is 0 Å². The van der Waals surface area contributed by atoms with Crippen LogP contribution in [0.15, 0.2) is 41.2 Å². The van der Waals surface area contributed by atoms with Gasteiger partial charge in [0.05, 0.1) is 7.11 Å². The summed E-state index contributed by atoms with van der Waals surface area (Å²) in [6.07, 6.45) is 1.64. The molecule has 1 aromatic rings. The first kappa shape index (κ1) is 15.2. The molecular weight excluding hydrogens is 264 g/mol. The van der Waals surface area contributed by atoms with Gasteiger partial charge in [0.25, 0.3) is 0 Å². The van der Waals surface area contributed by atoms with Gasteiger partial charge in [0.15, 0.2) is 0 Å². The highest BCUT2D eigenvalue weighted by Crippen LogP contribution is 2.13. The molecule has 1 amide bonds. The third-order valence-corrected chi connectivity index (χ3v) is 2.79. The summed E-state index contributed by atoms with van der Waals surface area (Å²) >= 11 is 5.94. The molecule has 19 heavy (non-hydrogen) atoms. The van der Waals surface area contributed by atoms with Gasteiger partial charge < -0.3 is 9.64 Å². The molecule has 0 radical (unpaired) electrons. The van der Waals surface area contributed by atoms with Crippen LogP contribution in [0.25, 0.3) is 0 Å². The molecule has 102 valence electrons. The standard InChI is InChI=1S/C14H17ClN2O2/c1-4-17(10-13(19-3)14(18)16-2)9-11-6-5-7-12(15)8-11/h5-8,10H,2,4,9H2,1,3H3/b13-10+. The van der Waals surface area contributed by atoms with Crippen LogP contribution in [0.4, 0.5) is 0 Å². The molecule has 0 saturated carbocycles. The molecule has 5 heteroatoms. The zero-order valence-corrected chi connectivity index (χ0v) is 11.9. The van der Waals surface area contributed by atoms with Crippen LogP contribution in [-0.4, -0.2) is 31.2 Å². The SMILES string of the molecule is C=NC(=O)/C(=C\N(CC)Cc1cccc(Cl)c1)OC. The molecule has 4 nitrogen and oxygen atoms in total. The Morgan fingerprint density at radius 2 is 2.32 bits per heavy atom. The van der Waals surface area contributed by atoms with E-state index in [1.54, 1.807) is 6.20 Å². The number of halogens is 1. The molecule has 0 aliphatic heterocycles. The van der Waals surface area contributed by atoms with Crippen molar-refractivity contribution in [1.82, 2.24) is 4.90 Å². The van der Waals surface area contributed by atoms with E-state index in [1.807, 2.05) is 36.1 Å². The van der Waals surface area contributed by atoms with Crippen molar-refractivity contribution < 1.29 is 9.53 Å². The second-order valence-corrected chi connectivity index (χ2v) is 4.29. The zero-order chi connectivity index (χ0) is 14.3. The monoisotopic (exact) mass is 280 g/mol. The van der Waals surface area contributed by atoms with Crippen molar-refractivity contribution >= 4 is 24.2 Å². The fraction of sp³-hybridized carbons (Fsp3) is 0.286. The van der Waals surface area contributed by atoms with Crippen LogP contribution < -0.4 is 0 Å². The molecule has 0 bridgehead atoms. The van der Waals surface area contributed by atoms with Gasteiger partial charge in [0.1, 0.15) is 0 Å². The van der Waals surface area contributed by atoms with Crippen LogP contribution >= 0.6 is 11.6 Å². The van der Waals surface area contributed by atoms with E-state index in [0.717, 1.165) is 12.1 Å². The van der Waals surface area contributed by atoms with E-state index < -0.39 is 5.91 Å². The molecule has 0 unspecified atom stereocenters. The van der Waals surface area contributed by atoms with E-state index in [1.165, 1.54) is 7.11 Å². The number of aliphatic imine (C=N–C) groups is 1. The fourth-order valence-corrected chi connectivity index (χ4v) is 1.77. The molecule has 0 atom stereocenters. The summed E-state index contributed by atoms with van der Waals surface area (Å²) in [6.45, 7) is 6.55. The first-order valence-electron chi connectivity index (χ1n) is 5.86. The summed E-state index contributed by atoms with van der Waals surface area (Å²) in [5.74, 6) is -0.314. The van der Waals surface area contributed by atoms with Crippen LogP contribution in [-0.2, 0) is 16.1 Å². The summed E-state index contributed by atoms with van der Waals surface area (Å²) in [7, 11) is 1.43. The minimum atomic E-state index is -0.480. The molecule has 0 aromatic heterocycles. The quantitative estimate of drug-likeness (QED) is 0.457. The Morgan fingerprint density at radius 1 is 1.58 bits per heavy atom. The van der Waals surface area contributed by atoms with Crippen molar-refractivity contribution in [2.45, 2.75) is 13.5 Å². The highest BCUT2D eigenvalue weighted by Gasteiger charge is 2.09. The van der Waals surface area contributed by atoms with Crippen molar-refractivity contribution in [2.75, 3.05) is 13.7 Å². The van der Waals surface area contributed by atoms with Gasteiger partial charge >= 0.3 is 5.91 Å². The third-order valence-electron chi connectivity index (χ3n) is 2.56. The summed E-state index contributed by atoms with van der Waals surface area (Å²) in [4.78, 5) is 16.7. The smallest absolute Gasteiger partial charge is 0.312 e. The molecular formula is C14H17ClN2O2. The lowest BCUT2D eigenvalue weighted by Crippen LogP contribution is -2.18. The predicted octanol–water partition coefficient (Wildman–Crippen LogP) is 2.88. The van der Waals surface area contributed by atoms with Crippen LogP contribution in [0.1, 0.15) is 12.5 Å². The maximum atomic E-state index is 11.4. The van der Waals surface area contributed by atoms with Crippen LogP contribution in [0.5, 0.6) is 0 Å². The lowest BCUT2D eigenvalue weighted by molar-refractivity contribution is -0.117. The van der Waals surface area contributed by atoms with E-state index in [-0.39, 0.29) is 5.76 Å². The summed E-state index contributed by atoms with van der Waals surface area (Å²) in [5.41, 5.74) is 1.06. The highest BCUT2D eigenvalue weighted by atomic mass is 35.5. The van der Waals surface area contributed by atoms with Gasteiger partial charge in [-0.1, -0.05) is 23.7 Å². The maximum Gasteiger partial charge on any atom is 0.312 e. The van der Waals surface area contributed by atoms with Crippen LogP contribution in [0.3, 0.4) is 0 Å². The van der Waals surface area contributed by atoms with E-state index in [9.17, 15) is 4.79 Å². The summed E-state index contributed by atoms with van der Waals surface area (Å²) in [5, 5.41) is 0.688. The first-order valence-corrected chi connectivity index (χ1v) is 6.23. The van der Waals surface area contributed by atoms with Gasteiger partial charge in [0, 0.05) is 24.3 Å². The van der Waals surface area contributed by atoms with Gasteiger partial charge in [-0.25, -0.2) is 4.99 Å². The van der Waals surface area contributed by atoms with Gasteiger partial charge in [-0.15, -0.1) is 0 Å². The number of rotatable bonds is 6. The van der Waals surface area contributed by atoms with E-state index in [4.69, 9.17) is 16.3 Å². The van der Waals surface area contributed by atoms with Crippen LogP contribution in [0, 0.1) is 0 Å². The van der Waals surface area contributed by atoms with Crippen molar-refractivity contribution in [3.63, 3.8) is 0 Å². The molecule has 0 spiro atoms. The number of carbonyl (C=O) groups excluding carboxylic acids is 1. The Kier molecular flexibility index (Phi) is 6.09. The molecule has 0 fully saturated rings. The van der Waals surface area contributed by atoms with Gasteiger partial charge in [-0.3, -0.25) is 4.79 Å². The van der Waals surface area contributed by atoms with Gasteiger partial charge in [-0.2, -0.15) is 0 Å². The Labute approximate surface area is 118 Å². The molecule has 0 N–H and O–H groups in total. The molecule has 0 aliphatic carbocycles. The molecule has 0 heterocycles. The number of ether oxygens (including phenoxy) is 1. The van der Waals surface area contributed by atoms with Crippen molar-refractivity contribution in [3.05, 3.63) is 46.8 Å². The number of methoxy groups -OCH3 is 1. The normalized spacial score (nSPS) is 11.0. The Bertz CT molecular complexity index is 486. The van der Waals surface area contributed by atoms with Crippen molar-refractivity contribution in [2.24, 2.45) is 4.99 Å². The molecule has 0 saturated heterocycles. The predicted molar refractivity (Wildman–Crippen MR) is 77.2 cm³/mol. The zero-order valence-electron chi connectivity index (χ0n) is 11.1. The number of benzene rings is 1. The average molecular weight is 281 g/mol. The fourth-order valence-electron chi connectivity index (χ4n) is 1.56. The minimum Gasteiger partial charge on any atom is -0.490 e. The lowest BCUT2D eigenvalue weighted by atomic mass is 10.2. The number of amides is 1. The Hall–Kier alpha value is -1.81.